The van der Waals surface area contributed by atoms with Gasteiger partial charge in [-0.15, -0.1) is 0 Å². The highest BCUT2D eigenvalue weighted by molar-refractivity contribution is 7.99. The summed E-state index contributed by atoms with van der Waals surface area (Å²) >= 11 is 2.03. The molecule has 20 heavy (non-hydrogen) atoms. The van der Waals surface area contributed by atoms with E-state index < -0.39 is 0 Å². The number of carbonyl (C=O) groups excluding carboxylic acids is 1. The van der Waals surface area contributed by atoms with Crippen LogP contribution in [0.1, 0.15) is 28.9 Å². The maximum Gasteiger partial charge on any atom is 0.341 e. The van der Waals surface area contributed by atoms with Crippen molar-refractivity contribution in [3.05, 3.63) is 35.8 Å². The molecule has 1 saturated heterocycles. The van der Waals surface area contributed by atoms with E-state index in [2.05, 4.69) is 4.98 Å². The minimum atomic E-state index is -0.332. The van der Waals surface area contributed by atoms with Gasteiger partial charge in [-0.2, -0.15) is 11.8 Å². The number of fused-ring (bicyclic) bond motifs is 1. The van der Waals surface area contributed by atoms with Gasteiger partial charge in [-0.3, -0.25) is 0 Å². The van der Waals surface area contributed by atoms with Crippen LogP contribution in [0.4, 0.5) is 0 Å². The zero-order valence-electron chi connectivity index (χ0n) is 11.5. The average molecular weight is 290 g/mol. The first-order valence-electron chi connectivity index (χ1n) is 6.90. The Labute approximate surface area is 122 Å². The molecule has 1 atom stereocenters. The van der Waals surface area contributed by atoms with Gasteiger partial charge in [0.2, 0.25) is 0 Å². The lowest BCUT2D eigenvalue weighted by atomic mass is 10.00. The summed E-state index contributed by atoms with van der Waals surface area (Å²) < 4.78 is 6.72. The quantitative estimate of drug-likeness (QED) is 0.815. The van der Waals surface area contributed by atoms with Crippen LogP contribution in [0.25, 0.3) is 5.65 Å². The number of nitrogens with zero attached hydrogens (tertiary/aromatic N) is 2. The maximum atomic E-state index is 11.7. The van der Waals surface area contributed by atoms with Gasteiger partial charge in [0.05, 0.1) is 12.8 Å². The molecule has 5 heteroatoms. The van der Waals surface area contributed by atoms with Gasteiger partial charge in [0, 0.05) is 12.4 Å². The van der Waals surface area contributed by atoms with Crippen LogP contribution < -0.4 is 0 Å². The molecule has 3 heterocycles. The summed E-state index contributed by atoms with van der Waals surface area (Å²) in [4.78, 5) is 16.4. The second-order valence-corrected chi connectivity index (χ2v) is 6.31. The highest BCUT2D eigenvalue weighted by atomic mass is 32.2. The molecular weight excluding hydrogens is 272 g/mol. The highest BCUT2D eigenvalue weighted by Gasteiger charge is 2.18. The maximum absolute atomic E-state index is 11.7. The zero-order valence-corrected chi connectivity index (χ0v) is 12.4. The summed E-state index contributed by atoms with van der Waals surface area (Å²) in [5, 5.41) is 0. The minimum Gasteiger partial charge on any atom is -0.465 e. The fourth-order valence-corrected chi connectivity index (χ4v) is 3.85. The normalized spacial score (nSPS) is 19.1. The second kappa shape index (κ2) is 5.87. The van der Waals surface area contributed by atoms with Gasteiger partial charge in [0.1, 0.15) is 5.56 Å². The van der Waals surface area contributed by atoms with E-state index in [9.17, 15) is 4.79 Å². The molecule has 4 nitrogen and oxygen atoms in total. The Morgan fingerprint density at radius 1 is 1.60 bits per heavy atom. The second-order valence-electron chi connectivity index (χ2n) is 5.16. The Kier molecular flexibility index (Phi) is 3.96. The Bertz CT molecular complexity index is 617. The number of thioether (sulfide) groups is 1. The molecule has 1 aliphatic rings. The van der Waals surface area contributed by atoms with Gasteiger partial charge < -0.3 is 9.14 Å². The highest BCUT2D eigenvalue weighted by Crippen LogP contribution is 2.25. The van der Waals surface area contributed by atoms with Crippen molar-refractivity contribution in [2.75, 3.05) is 18.6 Å². The summed E-state index contributed by atoms with van der Waals surface area (Å²) in [5.74, 6) is 2.88. The summed E-state index contributed by atoms with van der Waals surface area (Å²) in [6, 6.07) is 3.61. The number of esters is 1. The van der Waals surface area contributed by atoms with Crippen molar-refractivity contribution in [1.29, 1.82) is 0 Å². The number of hydrogen-bond acceptors (Lipinski definition) is 4. The molecule has 0 N–H and O–H groups in total. The van der Waals surface area contributed by atoms with E-state index in [0.29, 0.717) is 17.1 Å². The van der Waals surface area contributed by atoms with Gasteiger partial charge in [-0.1, -0.05) is 0 Å². The number of imidazole rings is 1. The Balaban J connectivity index is 1.88. The van der Waals surface area contributed by atoms with Crippen molar-refractivity contribution in [3.8, 4) is 0 Å². The van der Waals surface area contributed by atoms with Gasteiger partial charge in [-0.05, 0) is 48.8 Å². The van der Waals surface area contributed by atoms with Gasteiger partial charge >= 0.3 is 5.97 Å². The van der Waals surface area contributed by atoms with Gasteiger partial charge in [-0.25, -0.2) is 9.78 Å². The van der Waals surface area contributed by atoms with Crippen molar-refractivity contribution in [1.82, 2.24) is 9.38 Å². The molecule has 0 spiro atoms. The zero-order chi connectivity index (χ0) is 13.9. The first-order chi connectivity index (χ1) is 9.78. The van der Waals surface area contributed by atoms with Crippen LogP contribution in [-0.2, 0) is 11.2 Å². The van der Waals surface area contributed by atoms with Gasteiger partial charge in [0.25, 0.3) is 0 Å². The number of hydrogen-bond donors (Lipinski definition) is 0. The minimum absolute atomic E-state index is 0.332. The third-order valence-electron chi connectivity index (χ3n) is 3.69. The number of ether oxygens (including phenoxy) is 1. The third kappa shape index (κ3) is 2.68. The van der Waals surface area contributed by atoms with E-state index in [1.165, 1.54) is 31.5 Å². The van der Waals surface area contributed by atoms with Crippen molar-refractivity contribution in [2.24, 2.45) is 5.92 Å². The van der Waals surface area contributed by atoms with Crippen LogP contribution in [0.5, 0.6) is 0 Å². The largest absolute Gasteiger partial charge is 0.465 e. The standard InChI is InChI=1S/C15H18N2O2S/c1-19-15(18)13-5-2-6-17-9-12(16-14(13)17)8-11-4-3-7-20-10-11/h2,5-6,9,11H,3-4,7-8,10H2,1H3. The number of pyridine rings is 1. The van der Waals surface area contributed by atoms with Crippen LogP contribution in [0.2, 0.25) is 0 Å². The lowest BCUT2D eigenvalue weighted by molar-refractivity contribution is 0.0602. The van der Waals surface area contributed by atoms with Crippen molar-refractivity contribution in [2.45, 2.75) is 19.3 Å². The molecule has 0 bridgehead atoms. The predicted molar refractivity (Wildman–Crippen MR) is 80.3 cm³/mol. The number of carbonyl (C=O) groups is 1. The molecule has 1 unspecified atom stereocenters. The van der Waals surface area contributed by atoms with Crippen molar-refractivity contribution in [3.63, 3.8) is 0 Å². The molecule has 0 aliphatic carbocycles. The van der Waals surface area contributed by atoms with Crippen LogP contribution in [-0.4, -0.2) is 34.0 Å². The Morgan fingerprint density at radius 2 is 2.50 bits per heavy atom. The van der Waals surface area contributed by atoms with E-state index in [1.54, 1.807) is 6.07 Å². The Hall–Kier alpha value is -1.49. The van der Waals surface area contributed by atoms with E-state index in [1.807, 2.05) is 34.6 Å². The Morgan fingerprint density at radius 3 is 3.25 bits per heavy atom. The molecule has 2 aromatic heterocycles. The summed E-state index contributed by atoms with van der Waals surface area (Å²) in [6.07, 6.45) is 7.53. The molecule has 0 amide bonds. The van der Waals surface area contributed by atoms with Crippen molar-refractivity contribution >= 4 is 23.4 Å². The molecule has 3 rings (SSSR count). The van der Waals surface area contributed by atoms with Crippen molar-refractivity contribution < 1.29 is 9.53 Å². The molecule has 0 saturated carbocycles. The summed E-state index contributed by atoms with van der Waals surface area (Å²) in [6.45, 7) is 0. The summed E-state index contributed by atoms with van der Waals surface area (Å²) in [7, 11) is 1.40. The van der Waals surface area contributed by atoms with Crippen LogP contribution in [0.15, 0.2) is 24.5 Å². The molecule has 0 radical (unpaired) electrons. The fourth-order valence-electron chi connectivity index (χ4n) is 2.70. The molecule has 1 fully saturated rings. The monoisotopic (exact) mass is 290 g/mol. The lowest BCUT2D eigenvalue weighted by Gasteiger charge is -2.19. The molecule has 2 aromatic rings. The molecule has 0 aromatic carbocycles. The SMILES string of the molecule is COC(=O)c1cccn2cc(CC3CCCSC3)nc12. The van der Waals surface area contributed by atoms with Crippen LogP contribution in [0, 0.1) is 5.92 Å². The fraction of sp³-hybridized carbons (Fsp3) is 0.467. The van der Waals surface area contributed by atoms with E-state index in [-0.39, 0.29) is 5.97 Å². The summed E-state index contributed by atoms with van der Waals surface area (Å²) in [5.41, 5.74) is 2.28. The molecular formula is C15H18N2O2S. The smallest absolute Gasteiger partial charge is 0.341 e. The lowest BCUT2D eigenvalue weighted by Crippen LogP contribution is -2.13. The number of aromatic nitrogens is 2. The van der Waals surface area contributed by atoms with Gasteiger partial charge in [0.15, 0.2) is 5.65 Å². The van der Waals surface area contributed by atoms with E-state index in [0.717, 1.165) is 12.1 Å². The first-order valence-corrected chi connectivity index (χ1v) is 8.06. The first kappa shape index (κ1) is 13.5. The van der Waals surface area contributed by atoms with Crippen LogP contribution >= 0.6 is 11.8 Å². The number of methoxy groups -OCH3 is 1. The molecule has 106 valence electrons. The van der Waals surface area contributed by atoms with E-state index >= 15 is 0 Å². The van der Waals surface area contributed by atoms with Crippen LogP contribution in [0.3, 0.4) is 0 Å². The third-order valence-corrected chi connectivity index (χ3v) is 4.97. The molecule has 1 aliphatic heterocycles. The average Bonchev–Trinajstić information content (AvgIpc) is 2.89. The predicted octanol–water partition coefficient (Wildman–Crippen LogP) is 2.81. The number of rotatable bonds is 3. The van der Waals surface area contributed by atoms with E-state index in [4.69, 9.17) is 4.74 Å². The topological polar surface area (TPSA) is 43.6 Å².